The third-order valence-corrected chi connectivity index (χ3v) is 3.90. The fourth-order valence-corrected chi connectivity index (χ4v) is 2.86. The zero-order valence-electron chi connectivity index (χ0n) is 12.5. The van der Waals surface area contributed by atoms with Crippen LogP contribution in [-0.2, 0) is 14.3 Å². The molecule has 21 heavy (non-hydrogen) atoms. The van der Waals surface area contributed by atoms with Gasteiger partial charge in [-0.05, 0) is 12.8 Å². The molecule has 2 atom stereocenters. The van der Waals surface area contributed by atoms with E-state index in [1.807, 2.05) is 4.90 Å². The SMILES string of the molecule is COCC(N)C(=O)N1CCCC1CN1CCOCC1.Cl.Cl. The minimum atomic E-state index is -0.532. The Kier molecular flexibility index (Phi) is 10.5. The van der Waals surface area contributed by atoms with Crippen molar-refractivity contribution in [3.8, 4) is 0 Å². The van der Waals surface area contributed by atoms with Gasteiger partial charge in [0.1, 0.15) is 6.04 Å². The quantitative estimate of drug-likeness (QED) is 0.768. The lowest BCUT2D eigenvalue weighted by atomic mass is 10.2. The lowest BCUT2D eigenvalue weighted by Gasteiger charge is -2.33. The van der Waals surface area contributed by atoms with E-state index in [4.69, 9.17) is 15.2 Å². The highest BCUT2D eigenvalue weighted by atomic mass is 35.5. The monoisotopic (exact) mass is 343 g/mol. The predicted octanol–water partition coefficient (Wildman–Crippen LogP) is 0.127. The van der Waals surface area contributed by atoms with Crippen LogP contribution in [0.25, 0.3) is 0 Å². The standard InChI is InChI=1S/C13H25N3O3.2ClH/c1-18-10-12(14)13(17)16-4-2-3-11(16)9-15-5-7-19-8-6-15;;/h11-12H,2-10,14H2,1H3;2*1H. The van der Waals surface area contributed by atoms with Gasteiger partial charge in [-0.2, -0.15) is 0 Å². The number of methoxy groups -OCH3 is 1. The first-order valence-electron chi connectivity index (χ1n) is 7.07. The van der Waals surface area contributed by atoms with Crippen LogP contribution in [0.1, 0.15) is 12.8 Å². The molecule has 0 saturated carbocycles. The fourth-order valence-electron chi connectivity index (χ4n) is 2.86. The van der Waals surface area contributed by atoms with E-state index >= 15 is 0 Å². The molecule has 126 valence electrons. The van der Waals surface area contributed by atoms with Crippen molar-refractivity contribution in [2.24, 2.45) is 5.73 Å². The largest absolute Gasteiger partial charge is 0.383 e. The zero-order chi connectivity index (χ0) is 13.7. The van der Waals surface area contributed by atoms with Crippen molar-refractivity contribution in [1.82, 2.24) is 9.80 Å². The summed E-state index contributed by atoms with van der Waals surface area (Å²) in [6.07, 6.45) is 2.14. The molecular weight excluding hydrogens is 317 g/mol. The van der Waals surface area contributed by atoms with Crippen molar-refractivity contribution in [1.29, 1.82) is 0 Å². The second kappa shape index (κ2) is 10.6. The number of carbonyl (C=O) groups excluding carboxylic acids is 1. The molecule has 0 aliphatic carbocycles. The lowest BCUT2D eigenvalue weighted by Crippen LogP contribution is -2.52. The van der Waals surface area contributed by atoms with E-state index in [1.54, 1.807) is 7.11 Å². The Hall–Kier alpha value is -0.110. The van der Waals surface area contributed by atoms with Gasteiger partial charge in [0.05, 0.1) is 19.8 Å². The molecule has 6 nitrogen and oxygen atoms in total. The average Bonchev–Trinajstić information content (AvgIpc) is 2.87. The highest BCUT2D eigenvalue weighted by Gasteiger charge is 2.32. The third kappa shape index (κ3) is 5.88. The number of hydrogen-bond acceptors (Lipinski definition) is 5. The summed E-state index contributed by atoms with van der Waals surface area (Å²) in [5, 5.41) is 0. The number of ether oxygens (including phenoxy) is 2. The Bertz CT molecular complexity index is 304. The van der Waals surface area contributed by atoms with E-state index in [0.717, 1.165) is 52.2 Å². The highest BCUT2D eigenvalue weighted by molar-refractivity contribution is 5.85. The van der Waals surface area contributed by atoms with Gasteiger partial charge in [0.2, 0.25) is 5.91 Å². The smallest absolute Gasteiger partial charge is 0.242 e. The van der Waals surface area contributed by atoms with Crippen LogP contribution in [0.3, 0.4) is 0 Å². The van der Waals surface area contributed by atoms with Gasteiger partial charge in [-0.15, -0.1) is 24.8 Å². The van der Waals surface area contributed by atoms with Crippen LogP contribution in [0.2, 0.25) is 0 Å². The van der Waals surface area contributed by atoms with Crippen molar-refractivity contribution in [2.45, 2.75) is 24.9 Å². The van der Waals surface area contributed by atoms with E-state index < -0.39 is 6.04 Å². The van der Waals surface area contributed by atoms with Gasteiger partial charge in [0.15, 0.2) is 0 Å². The molecule has 2 heterocycles. The van der Waals surface area contributed by atoms with E-state index in [9.17, 15) is 4.79 Å². The molecule has 0 radical (unpaired) electrons. The van der Waals surface area contributed by atoms with Gasteiger partial charge in [0, 0.05) is 39.3 Å². The van der Waals surface area contributed by atoms with Gasteiger partial charge in [-0.3, -0.25) is 9.69 Å². The second-order valence-corrected chi connectivity index (χ2v) is 5.30. The van der Waals surface area contributed by atoms with E-state index in [1.165, 1.54) is 0 Å². The summed E-state index contributed by atoms with van der Waals surface area (Å²) < 4.78 is 10.3. The van der Waals surface area contributed by atoms with Crippen molar-refractivity contribution in [2.75, 3.05) is 53.1 Å². The molecule has 2 unspecified atom stereocenters. The van der Waals surface area contributed by atoms with Crippen molar-refractivity contribution in [3.05, 3.63) is 0 Å². The number of hydrogen-bond donors (Lipinski definition) is 1. The maximum atomic E-state index is 12.3. The maximum absolute atomic E-state index is 12.3. The lowest BCUT2D eigenvalue weighted by molar-refractivity contribution is -0.135. The molecule has 8 heteroatoms. The van der Waals surface area contributed by atoms with Crippen LogP contribution in [0.5, 0.6) is 0 Å². The molecule has 2 rings (SSSR count). The van der Waals surface area contributed by atoms with Gasteiger partial charge in [0.25, 0.3) is 0 Å². The Morgan fingerprint density at radius 1 is 1.33 bits per heavy atom. The number of nitrogens with two attached hydrogens (primary N) is 1. The van der Waals surface area contributed by atoms with Crippen molar-refractivity contribution in [3.63, 3.8) is 0 Å². The molecule has 2 N–H and O–H groups in total. The first-order chi connectivity index (χ1) is 9.22. The summed E-state index contributed by atoms with van der Waals surface area (Å²) in [6.45, 7) is 5.57. The van der Waals surface area contributed by atoms with Gasteiger partial charge < -0.3 is 20.1 Å². The summed E-state index contributed by atoms with van der Waals surface area (Å²) in [5.74, 6) is 0.0256. The summed E-state index contributed by atoms with van der Waals surface area (Å²) >= 11 is 0. The molecule has 0 bridgehead atoms. The number of amides is 1. The minimum absolute atomic E-state index is 0. The number of nitrogens with zero attached hydrogens (tertiary/aromatic N) is 2. The summed E-state index contributed by atoms with van der Waals surface area (Å²) in [5.41, 5.74) is 5.85. The van der Waals surface area contributed by atoms with E-state index in [2.05, 4.69) is 4.90 Å². The Labute approximate surface area is 139 Å². The number of likely N-dealkylation sites (tertiary alicyclic amines) is 1. The maximum Gasteiger partial charge on any atom is 0.242 e. The molecular formula is C13H27Cl2N3O3. The molecule has 0 spiro atoms. The van der Waals surface area contributed by atoms with Crippen LogP contribution in [0.4, 0.5) is 0 Å². The van der Waals surface area contributed by atoms with Crippen LogP contribution in [0.15, 0.2) is 0 Å². The number of carbonyl (C=O) groups is 1. The third-order valence-electron chi connectivity index (χ3n) is 3.90. The van der Waals surface area contributed by atoms with Crippen LogP contribution < -0.4 is 5.73 Å². The van der Waals surface area contributed by atoms with Gasteiger partial charge in [-0.25, -0.2) is 0 Å². The number of morpholine rings is 1. The summed E-state index contributed by atoms with van der Waals surface area (Å²) in [4.78, 5) is 16.6. The molecule has 0 aromatic carbocycles. The number of halogens is 2. The second-order valence-electron chi connectivity index (χ2n) is 5.30. The average molecular weight is 344 g/mol. The van der Waals surface area contributed by atoms with E-state index in [-0.39, 0.29) is 30.7 Å². The molecule has 0 aromatic heterocycles. The van der Waals surface area contributed by atoms with Gasteiger partial charge in [-0.1, -0.05) is 0 Å². The normalized spacial score (nSPS) is 24.1. The Morgan fingerprint density at radius 3 is 2.62 bits per heavy atom. The first kappa shape index (κ1) is 20.9. The molecule has 2 aliphatic rings. The molecule has 2 fully saturated rings. The molecule has 0 aromatic rings. The Balaban J connectivity index is 0.00000200. The summed E-state index contributed by atoms with van der Waals surface area (Å²) in [7, 11) is 1.57. The van der Waals surface area contributed by atoms with Crippen LogP contribution in [-0.4, -0.2) is 80.9 Å². The summed E-state index contributed by atoms with van der Waals surface area (Å²) in [6, 6.07) is -0.233. The highest BCUT2D eigenvalue weighted by Crippen LogP contribution is 2.19. The minimum Gasteiger partial charge on any atom is -0.383 e. The van der Waals surface area contributed by atoms with E-state index in [0.29, 0.717) is 12.6 Å². The predicted molar refractivity (Wildman–Crippen MR) is 86.3 cm³/mol. The van der Waals surface area contributed by atoms with Crippen LogP contribution in [0, 0.1) is 0 Å². The number of rotatable bonds is 5. The van der Waals surface area contributed by atoms with Gasteiger partial charge >= 0.3 is 0 Å². The topological polar surface area (TPSA) is 68.0 Å². The molecule has 1 amide bonds. The Morgan fingerprint density at radius 2 is 2.00 bits per heavy atom. The van der Waals surface area contributed by atoms with Crippen molar-refractivity contribution >= 4 is 30.7 Å². The molecule has 2 aliphatic heterocycles. The molecule has 2 saturated heterocycles. The first-order valence-corrected chi connectivity index (χ1v) is 7.07. The fraction of sp³-hybridized carbons (Fsp3) is 0.923. The zero-order valence-corrected chi connectivity index (χ0v) is 14.2. The van der Waals surface area contributed by atoms with Crippen LogP contribution >= 0.6 is 24.8 Å². The van der Waals surface area contributed by atoms with Crippen molar-refractivity contribution < 1.29 is 14.3 Å².